The molecule has 1 aliphatic rings. The summed E-state index contributed by atoms with van der Waals surface area (Å²) in [5.41, 5.74) is 2.26. The van der Waals surface area contributed by atoms with Gasteiger partial charge in [0.05, 0.1) is 18.7 Å². The number of nitrogens with zero attached hydrogens (tertiary/aromatic N) is 2. The van der Waals surface area contributed by atoms with Gasteiger partial charge in [-0.3, -0.25) is 9.88 Å². The van der Waals surface area contributed by atoms with E-state index in [2.05, 4.69) is 31.9 Å². The van der Waals surface area contributed by atoms with Crippen molar-refractivity contribution in [3.63, 3.8) is 0 Å². The van der Waals surface area contributed by atoms with Crippen LogP contribution in [0.1, 0.15) is 18.4 Å². The Labute approximate surface area is 139 Å². The highest BCUT2D eigenvalue weighted by molar-refractivity contribution is 9.10. The maximum atomic E-state index is 5.45. The van der Waals surface area contributed by atoms with Gasteiger partial charge in [0, 0.05) is 42.8 Å². The zero-order valence-corrected chi connectivity index (χ0v) is 14.6. The molecule has 0 spiro atoms. The molecule has 1 aliphatic heterocycles. The van der Waals surface area contributed by atoms with Gasteiger partial charge >= 0.3 is 0 Å². The molecule has 0 amide bonds. The van der Waals surface area contributed by atoms with Gasteiger partial charge < -0.3 is 9.47 Å². The van der Waals surface area contributed by atoms with E-state index in [0.717, 1.165) is 53.6 Å². The lowest BCUT2D eigenvalue weighted by molar-refractivity contribution is 0.0389. The van der Waals surface area contributed by atoms with Gasteiger partial charge in [-0.05, 0) is 36.6 Å². The van der Waals surface area contributed by atoms with E-state index >= 15 is 0 Å². The molecule has 0 atom stereocenters. The highest BCUT2D eigenvalue weighted by atomic mass is 79.9. The molecule has 0 aliphatic carbocycles. The van der Waals surface area contributed by atoms with Crippen molar-refractivity contribution in [2.45, 2.75) is 25.5 Å². The fourth-order valence-electron chi connectivity index (χ4n) is 3.05. The minimum absolute atomic E-state index is 0.408. The summed E-state index contributed by atoms with van der Waals surface area (Å²) in [7, 11) is 3.51. The van der Waals surface area contributed by atoms with Crippen molar-refractivity contribution in [1.29, 1.82) is 0 Å². The zero-order chi connectivity index (χ0) is 15.5. The first kappa shape index (κ1) is 15.7. The Kier molecular flexibility index (Phi) is 4.96. The fraction of sp³-hybridized carbons (Fsp3) is 0.471. The van der Waals surface area contributed by atoms with E-state index in [1.165, 1.54) is 5.56 Å². The summed E-state index contributed by atoms with van der Waals surface area (Å²) in [4.78, 5) is 7.04. The van der Waals surface area contributed by atoms with Crippen LogP contribution in [0.4, 0.5) is 0 Å². The quantitative estimate of drug-likeness (QED) is 0.829. The van der Waals surface area contributed by atoms with Crippen LogP contribution in [0.2, 0.25) is 0 Å². The van der Waals surface area contributed by atoms with Crippen molar-refractivity contribution < 1.29 is 9.47 Å². The van der Waals surface area contributed by atoms with E-state index in [4.69, 9.17) is 9.47 Å². The summed E-state index contributed by atoms with van der Waals surface area (Å²) in [6.07, 6.45) is 4.44. The summed E-state index contributed by atoms with van der Waals surface area (Å²) in [6, 6.07) is 6.10. The van der Waals surface area contributed by atoms with E-state index in [1.54, 1.807) is 14.2 Å². The van der Waals surface area contributed by atoms with Gasteiger partial charge in [-0.1, -0.05) is 15.9 Å². The number of hydrogen-bond donors (Lipinski definition) is 0. The number of hydrogen-bond acceptors (Lipinski definition) is 4. The largest absolute Gasteiger partial charge is 0.497 e. The Morgan fingerprint density at radius 3 is 2.73 bits per heavy atom. The SMILES string of the molecule is COc1cc(CN2CCC(OC)CC2)c2nccc(Br)c2c1. The number of halogens is 1. The third kappa shape index (κ3) is 3.26. The number of fused-ring (bicyclic) bond motifs is 1. The van der Waals surface area contributed by atoms with Gasteiger partial charge in [0.1, 0.15) is 5.75 Å². The lowest BCUT2D eigenvalue weighted by atomic mass is 10.0. The molecule has 1 aromatic carbocycles. The van der Waals surface area contributed by atoms with Gasteiger partial charge in [-0.25, -0.2) is 0 Å². The smallest absolute Gasteiger partial charge is 0.119 e. The molecular formula is C17H21BrN2O2. The first-order valence-electron chi connectivity index (χ1n) is 7.57. The molecule has 0 radical (unpaired) electrons. The monoisotopic (exact) mass is 364 g/mol. The number of rotatable bonds is 4. The molecule has 3 rings (SSSR count). The zero-order valence-electron chi connectivity index (χ0n) is 13.0. The second kappa shape index (κ2) is 6.94. The minimum Gasteiger partial charge on any atom is -0.497 e. The number of piperidine rings is 1. The summed E-state index contributed by atoms with van der Waals surface area (Å²) in [5, 5.41) is 1.10. The van der Waals surface area contributed by atoms with Gasteiger partial charge in [0.15, 0.2) is 0 Å². The van der Waals surface area contributed by atoms with Crippen LogP contribution in [0.25, 0.3) is 10.9 Å². The Morgan fingerprint density at radius 1 is 1.27 bits per heavy atom. The minimum atomic E-state index is 0.408. The predicted octanol–water partition coefficient (Wildman–Crippen LogP) is 3.62. The van der Waals surface area contributed by atoms with Crippen LogP contribution in [-0.4, -0.2) is 43.3 Å². The van der Waals surface area contributed by atoms with Crippen LogP contribution in [-0.2, 0) is 11.3 Å². The summed E-state index contributed by atoms with van der Waals surface area (Å²) < 4.78 is 12.0. The van der Waals surface area contributed by atoms with Crippen LogP contribution < -0.4 is 4.74 Å². The summed E-state index contributed by atoms with van der Waals surface area (Å²) in [6.45, 7) is 3.02. The third-order valence-corrected chi connectivity index (χ3v) is 5.03. The van der Waals surface area contributed by atoms with Crippen molar-refractivity contribution in [3.8, 4) is 5.75 Å². The molecule has 2 aromatic rings. The van der Waals surface area contributed by atoms with E-state index in [1.807, 2.05) is 18.3 Å². The molecule has 1 fully saturated rings. The Bertz CT molecular complexity index is 654. The molecule has 4 nitrogen and oxygen atoms in total. The van der Waals surface area contributed by atoms with E-state index in [9.17, 15) is 0 Å². The Hall–Kier alpha value is -1.17. The van der Waals surface area contributed by atoms with Crippen molar-refractivity contribution in [2.75, 3.05) is 27.3 Å². The number of benzene rings is 1. The molecule has 22 heavy (non-hydrogen) atoms. The lowest BCUT2D eigenvalue weighted by Crippen LogP contribution is -2.36. The van der Waals surface area contributed by atoms with Gasteiger partial charge in [0.2, 0.25) is 0 Å². The molecule has 118 valence electrons. The average Bonchev–Trinajstić information content (AvgIpc) is 2.56. The predicted molar refractivity (Wildman–Crippen MR) is 91.3 cm³/mol. The lowest BCUT2D eigenvalue weighted by Gasteiger charge is -2.31. The Morgan fingerprint density at radius 2 is 2.05 bits per heavy atom. The van der Waals surface area contributed by atoms with Crippen molar-refractivity contribution in [1.82, 2.24) is 9.88 Å². The highest BCUT2D eigenvalue weighted by Gasteiger charge is 2.20. The summed E-state index contributed by atoms with van der Waals surface area (Å²) >= 11 is 3.61. The molecule has 5 heteroatoms. The Balaban J connectivity index is 1.88. The molecule has 0 saturated carbocycles. The molecule has 1 aromatic heterocycles. The third-order valence-electron chi connectivity index (χ3n) is 4.34. The maximum Gasteiger partial charge on any atom is 0.119 e. The number of aromatic nitrogens is 1. The van der Waals surface area contributed by atoms with E-state index in [0.29, 0.717) is 6.10 Å². The first-order chi connectivity index (χ1) is 10.7. The van der Waals surface area contributed by atoms with Crippen molar-refractivity contribution in [3.05, 3.63) is 34.4 Å². The van der Waals surface area contributed by atoms with Crippen LogP contribution in [0.3, 0.4) is 0 Å². The maximum absolute atomic E-state index is 5.45. The van der Waals surface area contributed by atoms with Gasteiger partial charge in [-0.2, -0.15) is 0 Å². The number of likely N-dealkylation sites (tertiary alicyclic amines) is 1. The molecular weight excluding hydrogens is 344 g/mol. The second-order valence-electron chi connectivity index (χ2n) is 5.69. The molecule has 0 bridgehead atoms. The molecule has 2 heterocycles. The first-order valence-corrected chi connectivity index (χ1v) is 8.37. The molecule has 0 unspecified atom stereocenters. The summed E-state index contributed by atoms with van der Waals surface area (Å²) in [5.74, 6) is 0.878. The normalized spacial score (nSPS) is 17.0. The second-order valence-corrected chi connectivity index (χ2v) is 6.54. The van der Waals surface area contributed by atoms with Gasteiger partial charge in [0.25, 0.3) is 0 Å². The fourth-order valence-corrected chi connectivity index (χ4v) is 3.47. The van der Waals surface area contributed by atoms with Crippen LogP contribution >= 0.6 is 15.9 Å². The van der Waals surface area contributed by atoms with E-state index < -0.39 is 0 Å². The highest BCUT2D eigenvalue weighted by Crippen LogP contribution is 2.30. The number of pyridine rings is 1. The van der Waals surface area contributed by atoms with Crippen LogP contribution in [0, 0.1) is 0 Å². The van der Waals surface area contributed by atoms with E-state index in [-0.39, 0.29) is 0 Å². The average molecular weight is 365 g/mol. The topological polar surface area (TPSA) is 34.6 Å². The molecule has 1 saturated heterocycles. The van der Waals surface area contributed by atoms with Crippen molar-refractivity contribution in [2.24, 2.45) is 0 Å². The molecule has 0 N–H and O–H groups in total. The standard InChI is InChI=1S/C17H21BrN2O2/c1-21-13-4-7-20(8-5-13)11-12-9-14(22-2)10-15-16(18)3-6-19-17(12)15/h3,6,9-10,13H,4-5,7-8,11H2,1-2H3. The van der Waals surface area contributed by atoms with Crippen molar-refractivity contribution >= 4 is 26.8 Å². The number of methoxy groups -OCH3 is 2. The van der Waals surface area contributed by atoms with Gasteiger partial charge in [-0.15, -0.1) is 0 Å². The van der Waals surface area contributed by atoms with Crippen LogP contribution in [0.5, 0.6) is 5.75 Å². The van der Waals surface area contributed by atoms with Crippen LogP contribution in [0.15, 0.2) is 28.9 Å². The number of ether oxygens (including phenoxy) is 2.